The number of hydrogen-bond acceptors (Lipinski definition) is 9. The highest BCUT2D eigenvalue weighted by Gasteiger charge is 2.30. The molecule has 0 bridgehead atoms. The number of nitrogens with zero attached hydrogens (tertiary/aromatic N) is 3. The number of anilines is 4. The summed E-state index contributed by atoms with van der Waals surface area (Å²) in [6, 6.07) is 15.4. The second-order valence-electron chi connectivity index (χ2n) is 10.4. The minimum absolute atomic E-state index is 0.134. The van der Waals surface area contributed by atoms with E-state index in [0.29, 0.717) is 43.9 Å². The molecule has 0 unspecified atom stereocenters. The number of carbonyl (C=O) groups excluding carboxylic acids is 1. The van der Waals surface area contributed by atoms with Crippen molar-refractivity contribution in [2.75, 3.05) is 49.4 Å². The van der Waals surface area contributed by atoms with Crippen LogP contribution in [-0.4, -0.2) is 59.5 Å². The average molecular weight is 558 g/mol. The topological polar surface area (TPSA) is 135 Å². The van der Waals surface area contributed by atoms with E-state index < -0.39 is 0 Å². The van der Waals surface area contributed by atoms with E-state index in [1.807, 2.05) is 48.5 Å². The van der Waals surface area contributed by atoms with Crippen LogP contribution in [0.3, 0.4) is 0 Å². The molecule has 2 fully saturated rings. The van der Waals surface area contributed by atoms with E-state index in [-0.39, 0.29) is 11.8 Å². The molecule has 4 aromatic rings. The number of nitrogens with one attached hydrogen (secondary N) is 4. The van der Waals surface area contributed by atoms with Crippen molar-refractivity contribution in [3.63, 3.8) is 0 Å². The van der Waals surface area contributed by atoms with E-state index in [1.165, 1.54) is 0 Å². The first-order chi connectivity index (χ1) is 20.2. The number of rotatable bonds is 6. The molecule has 3 aliphatic rings. The van der Waals surface area contributed by atoms with Gasteiger partial charge in [-0.1, -0.05) is 12.1 Å². The molecule has 1 amide bonds. The molecule has 0 atom stereocenters. The van der Waals surface area contributed by atoms with Crippen LogP contribution in [0.15, 0.2) is 48.5 Å². The van der Waals surface area contributed by atoms with Gasteiger partial charge in [-0.25, -0.2) is 9.97 Å². The molecule has 7 rings (SSSR count). The van der Waals surface area contributed by atoms with Gasteiger partial charge < -0.3 is 30.2 Å². The molecule has 0 saturated heterocycles. The Morgan fingerprint density at radius 3 is 2.59 bits per heavy atom. The highest BCUT2D eigenvalue weighted by Crippen LogP contribution is 2.42. The zero-order chi connectivity index (χ0) is 28.0. The van der Waals surface area contributed by atoms with Gasteiger partial charge in [0.15, 0.2) is 17.5 Å². The average Bonchev–Trinajstić information content (AvgIpc) is 3.94. The van der Waals surface area contributed by atoms with Gasteiger partial charge in [0.1, 0.15) is 11.6 Å². The molecule has 11 heteroatoms. The van der Waals surface area contributed by atoms with Gasteiger partial charge in [0.25, 0.3) is 0 Å². The zero-order valence-corrected chi connectivity index (χ0v) is 23.1. The summed E-state index contributed by atoms with van der Waals surface area (Å²) in [6.45, 7) is 2.57. The largest absolute Gasteiger partial charge is 0.497 e. The lowest BCUT2D eigenvalue weighted by Gasteiger charge is -2.19. The van der Waals surface area contributed by atoms with Crippen LogP contribution in [0.5, 0.6) is 11.5 Å². The lowest BCUT2D eigenvalue weighted by atomic mass is 10.2. The molecule has 41 heavy (non-hydrogen) atoms. The number of ether oxygens (including phenoxy) is 3. The van der Waals surface area contributed by atoms with E-state index in [9.17, 15) is 4.79 Å². The molecule has 11 nitrogen and oxygen atoms in total. The second-order valence-corrected chi connectivity index (χ2v) is 10.4. The second kappa shape index (κ2) is 12.4. The SMILES string of the molecule is COc1ccc(NC(=O)C2CC2)cc1.c1ccc2c(Nc3nc(C4CC4)nc4c3OCCCOCCN4)n[nH]c2c1. The summed E-state index contributed by atoms with van der Waals surface area (Å²) in [5.41, 5.74) is 1.81. The van der Waals surface area contributed by atoms with Crippen LogP contribution in [0, 0.1) is 5.92 Å². The molecule has 0 spiro atoms. The Morgan fingerprint density at radius 1 is 0.976 bits per heavy atom. The lowest BCUT2D eigenvalue weighted by Crippen LogP contribution is -2.17. The van der Waals surface area contributed by atoms with E-state index in [1.54, 1.807) is 7.11 Å². The monoisotopic (exact) mass is 557 g/mol. The third-order valence-corrected chi connectivity index (χ3v) is 7.06. The number of para-hydroxylation sites is 1. The Kier molecular flexibility index (Phi) is 8.13. The minimum atomic E-state index is 0.134. The van der Waals surface area contributed by atoms with Gasteiger partial charge in [0, 0.05) is 42.5 Å². The maximum Gasteiger partial charge on any atom is 0.227 e. The number of methoxy groups -OCH3 is 1. The Bertz CT molecular complexity index is 1480. The van der Waals surface area contributed by atoms with E-state index in [2.05, 4.69) is 26.1 Å². The molecule has 0 radical (unpaired) electrons. The van der Waals surface area contributed by atoms with Gasteiger partial charge in [-0.05, 0) is 62.1 Å². The van der Waals surface area contributed by atoms with Crippen molar-refractivity contribution >= 4 is 40.0 Å². The maximum atomic E-state index is 11.4. The fraction of sp³-hybridized carbons (Fsp3) is 0.400. The fourth-order valence-corrected chi connectivity index (χ4v) is 4.45. The van der Waals surface area contributed by atoms with Crippen molar-refractivity contribution in [1.82, 2.24) is 20.2 Å². The molecule has 1 aliphatic heterocycles. The number of H-pyrrole nitrogens is 1. The van der Waals surface area contributed by atoms with Crippen molar-refractivity contribution < 1.29 is 19.0 Å². The molecule has 2 aromatic carbocycles. The van der Waals surface area contributed by atoms with Crippen molar-refractivity contribution in [3.05, 3.63) is 54.4 Å². The minimum Gasteiger partial charge on any atom is -0.497 e. The Hall–Kier alpha value is -4.38. The number of carbonyl (C=O) groups is 1. The molecule has 3 heterocycles. The highest BCUT2D eigenvalue weighted by molar-refractivity contribution is 5.94. The van der Waals surface area contributed by atoms with Crippen LogP contribution in [0.1, 0.15) is 43.8 Å². The summed E-state index contributed by atoms with van der Waals surface area (Å²) < 4.78 is 16.6. The van der Waals surface area contributed by atoms with Gasteiger partial charge in [0.2, 0.25) is 11.7 Å². The third kappa shape index (κ3) is 6.86. The first-order valence-electron chi connectivity index (χ1n) is 14.2. The summed E-state index contributed by atoms with van der Waals surface area (Å²) in [7, 11) is 1.62. The molecule has 2 saturated carbocycles. The first kappa shape index (κ1) is 26.8. The van der Waals surface area contributed by atoms with Crippen LogP contribution in [0.4, 0.5) is 23.1 Å². The number of hydrogen-bond donors (Lipinski definition) is 4. The first-order valence-corrected chi connectivity index (χ1v) is 14.2. The smallest absolute Gasteiger partial charge is 0.227 e. The number of aromatic amines is 1. The number of benzene rings is 2. The predicted octanol–water partition coefficient (Wildman–Crippen LogP) is 5.23. The molecule has 2 aliphatic carbocycles. The summed E-state index contributed by atoms with van der Waals surface area (Å²) >= 11 is 0. The standard InChI is InChI=1S/C19H22N6O2.C11H13NO2/c1-2-5-14-13(4-1)17(25-24-14)23-19-15-18(21-16(22-19)12-6-7-12)20-8-11-26-9-3-10-27-15;1-14-10-6-4-9(5-7-10)12-11(13)8-2-3-8/h1-2,4-5,12H,3,6-11H2,(H3,20,21,22,23,24,25);4-8H,2-3H2,1H3,(H,12,13). The van der Waals surface area contributed by atoms with Crippen molar-refractivity contribution in [3.8, 4) is 11.5 Å². The summed E-state index contributed by atoms with van der Waals surface area (Å²) in [5.74, 6) is 5.23. The van der Waals surface area contributed by atoms with Crippen LogP contribution in [0.25, 0.3) is 10.9 Å². The fourth-order valence-electron chi connectivity index (χ4n) is 4.45. The molecule has 2 aromatic heterocycles. The quantitative estimate of drug-likeness (QED) is 0.251. The van der Waals surface area contributed by atoms with Gasteiger partial charge in [-0.15, -0.1) is 0 Å². The Balaban J connectivity index is 0.000000182. The highest BCUT2D eigenvalue weighted by atomic mass is 16.5. The normalized spacial score (nSPS) is 16.7. The van der Waals surface area contributed by atoms with Gasteiger partial charge in [-0.2, -0.15) is 5.10 Å². The number of aromatic nitrogens is 4. The van der Waals surface area contributed by atoms with Crippen LogP contribution in [0.2, 0.25) is 0 Å². The van der Waals surface area contributed by atoms with Crippen molar-refractivity contribution in [2.24, 2.45) is 5.92 Å². The Morgan fingerprint density at radius 2 is 1.80 bits per heavy atom. The lowest BCUT2D eigenvalue weighted by molar-refractivity contribution is -0.117. The van der Waals surface area contributed by atoms with Crippen LogP contribution in [-0.2, 0) is 9.53 Å². The van der Waals surface area contributed by atoms with Crippen molar-refractivity contribution in [1.29, 1.82) is 0 Å². The summed E-state index contributed by atoms with van der Waals surface area (Å²) in [6.07, 6.45) is 5.15. The maximum absolute atomic E-state index is 11.4. The number of fused-ring (bicyclic) bond motifs is 2. The van der Waals surface area contributed by atoms with Crippen LogP contribution >= 0.6 is 0 Å². The number of amides is 1. The van der Waals surface area contributed by atoms with Gasteiger partial charge in [-0.3, -0.25) is 9.89 Å². The summed E-state index contributed by atoms with van der Waals surface area (Å²) in [5, 5.41) is 18.1. The van der Waals surface area contributed by atoms with Gasteiger partial charge >= 0.3 is 0 Å². The van der Waals surface area contributed by atoms with E-state index in [0.717, 1.165) is 71.9 Å². The summed E-state index contributed by atoms with van der Waals surface area (Å²) in [4.78, 5) is 20.9. The molecule has 4 N–H and O–H groups in total. The van der Waals surface area contributed by atoms with Crippen molar-refractivity contribution in [2.45, 2.75) is 38.0 Å². The predicted molar refractivity (Wildman–Crippen MR) is 157 cm³/mol. The molecular formula is C30H35N7O4. The Labute approximate surface area is 238 Å². The molecule has 214 valence electrons. The zero-order valence-electron chi connectivity index (χ0n) is 23.1. The van der Waals surface area contributed by atoms with Crippen LogP contribution < -0.4 is 25.4 Å². The third-order valence-electron chi connectivity index (χ3n) is 7.06. The van der Waals surface area contributed by atoms with E-state index >= 15 is 0 Å². The van der Waals surface area contributed by atoms with E-state index in [4.69, 9.17) is 24.2 Å². The van der Waals surface area contributed by atoms with Gasteiger partial charge in [0.05, 0.1) is 25.8 Å². The molecular weight excluding hydrogens is 522 g/mol.